The maximum Gasteiger partial charge on any atom is 0.251 e. The van der Waals surface area contributed by atoms with Crippen LogP contribution in [-0.4, -0.2) is 43.7 Å². The molecule has 0 bridgehead atoms. The van der Waals surface area contributed by atoms with Crippen molar-refractivity contribution >= 4 is 36.4 Å². The number of nitrogens with one attached hydrogen (secondary N) is 1. The van der Waals surface area contributed by atoms with Crippen molar-refractivity contribution in [3.63, 3.8) is 0 Å². The summed E-state index contributed by atoms with van der Waals surface area (Å²) in [4.78, 5) is 14.9. The van der Waals surface area contributed by atoms with Crippen LogP contribution in [0.4, 0.5) is 5.69 Å². The van der Waals surface area contributed by atoms with Crippen molar-refractivity contribution < 1.29 is 9.53 Å². The smallest absolute Gasteiger partial charge is 0.251 e. The van der Waals surface area contributed by atoms with Gasteiger partial charge in [-0.05, 0) is 23.8 Å². The van der Waals surface area contributed by atoms with Gasteiger partial charge in [0.2, 0.25) is 0 Å². The van der Waals surface area contributed by atoms with E-state index in [2.05, 4.69) is 10.2 Å². The SMILES string of the molecule is Cl.Cl.Nc1cccc(C(=O)NC(CN2CCOCC2)c2ccccc2)c1. The minimum Gasteiger partial charge on any atom is -0.399 e. The number of anilines is 1. The van der Waals surface area contributed by atoms with Crippen LogP contribution in [0.5, 0.6) is 0 Å². The van der Waals surface area contributed by atoms with Gasteiger partial charge in [-0.1, -0.05) is 36.4 Å². The summed E-state index contributed by atoms with van der Waals surface area (Å²) in [6.07, 6.45) is 0. The molecule has 7 heteroatoms. The first-order valence-corrected chi connectivity index (χ1v) is 8.24. The van der Waals surface area contributed by atoms with Crippen molar-refractivity contribution in [2.24, 2.45) is 0 Å². The third kappa shape index (κ3) is 6.18. The van der Waals surface area contributed by atoms with Crippen LogP contribution in [0.3, 0.4) is 0 Å². The Morgan fingerprint density at radius 1 is 1.08 bits per heavy atom. The molecule has 3 N–H and O–H groups in total. The minimum absolute atomic E-state index is 0. The largest absolute Gasteiger partial charge is 0.399 e. The molecule has 1 saturated heterocycles. The Balaban J connectivity index is 0.00000169. The maximum atomic E-state index is 12.6. The Hall–Kier alpha value is -1.79. The van der Waals surface area contributed by atoms with E-state index in [0.29, 0.717) is 11.3 Å². The van der Waals surface area contributed by atoms with Crippen molar-refractivity contribution in [1.82, 2.24) is 10.2 Å². The van der Waals surface area contributed by atoms with Gasteiger partial charge in [0, 0.05) is 30.9 Å². The average molecular weight is 398 g/mol. The van der Waals surface area contributed by atoms with Crippen molar-refractivity contribution in [3.05, 3.63) is 65.7 Å². The fourth-order valence-electron chi connectivity index (χ4n) is 2.88. The normalized spacial score (nSPS) is 15.2. The van der Waals surface area contributed by atoms with Crippen LogP contribution in [0.15, 0.2) is 54.6 Å². The fourth-order valence-corrected chi connectivity index (χ4v) is 2.88. The highest BCUT2D eigenvalue weighted by Crippen LogP contribution is 2.17. The summed E-state index contributed by atoms with van der Waals surface area (Å²) in [7, 11) is 0. The van der Waals surface area contributed by atoms with Crippen LogP contribution in [0.2, 0.25) is 0 Å². The molecule has 142 valence electrons. The molecule has 0 spiro atoms. The Bertz CT molecular complexity index is 679. The lowest BCUT2D eigenvalue weighted by molar-refractivity contribution is 0.0332. The van der Waals surface area contributed by atoms with Crippen LogP contribution in [0, 0.1) is 0 Å². The van der Waals surface area contributed by atoms with Crippen molar-refractivity contribution in [3.8, 4) is 0 Å². The molecule has 1 amide bonds. The third-order valence-corrected chi connectivity index (χ3v) is 4.20. The monoisotopic (exact) mass is 397 g/mol. The number of ether oxygens (including phenoxy) is 1. The van der Waals surface area contributed by atoms with Gasteiger partial charge < -0.3 is 15.8 Å². The van der Waals surface area contributed by atoms with E-state index >= 15 is 0 Å². The first-order valence-electron chi connectivity index (χ1n) is 8.24. The predicted octanol–water partition coefficient (Wildman–Crippen LogP) is 2.92. The van der Waals surface area contributed by atoms with E-state index in [1.54, 1.807) is 24.3 Å². The Kier molecular flexibility index (Phi) is 9.44. The minimum atomic E-state index is -0.107. The summed E-state index contributed by atoms with van der Waals surface area (Å²) < 4.78 is 5.41. The fraction of sp³-hybridized carbons (Fsp3) is 0.316. The summed E-state index contributed by atoms with van der Waals surface area (Å²) in [5, 5.41) is 3.15. The van der Waals surface area contributed by atoms with Gasteiger partial charge in [-0.2, -0.15) is 0 Å². The zero-order valence-corrected chi connectivity index (χ0v) is 16.1. The first kappa shape index (κ1) is 22.3. The second-order valence-electron chi connectivity index (χ2n) is 5.98. The number of hydrogen-bond acceptors (Lipinski definition) is 4. The van der Waals surface area contributed by atoms with Gasteiger partial charge in [0.25, 0.3) is 5.91 Å². The van der Waals surface area contributed by atoms with Gasteiger partial charge in [0.1, 0.15) is 0 Å². The molecule has 1 unspecified atom stereocenters. The number of carbonyl (C=O) groups is 1. The molecule has 1 atom stereocenters. The van der Waals surface area contributed by atoms with Gasteiger partial charge in [0.15, 0.2) is 0 Å². The molecule has 1 aliphatic heterocycles. The standard InChI is InChI=1S/C19H23N3O2.2ClH/c20-17-8-4-7-16(13-17)19(23)21-18(15-5-2-1-3-6-15)14-22-9-11-24-12-10-22;;/h1-8,13,18H,9-12,14,20H2,(H,21,23);2*1H. The van der Waals surface area contributed by atoms with E-state index < -0.39 is 0 Å². The van der Waals surface area contributed by atoms with Gasteiger partial charge in [-0.3, -0.25) is 9.69 Å². The number of carbonyl (C=O) groups excluding carboxylic acids is 1. The van der Waals surface area contributed by atoms with Crippen LogP contribution in [0.25, 0.3) is 0 Å². The van der Waals surface area contributed by atoms with E-state index in [1.165, 1.54) is 0 Å². The lowest BCUT2D eigenvalue weighted by Gasteiger charge is -2.31. The summed E-state index contributed by atoms with van der Waals surface area (Å²) in [6.45, 7) is 4.02. The van der Waals surface area contributed by atoms with E-state index in [0.717, 1.165) is 38.4 Å². The van der Waals surface area contributed by atoms with Gasteiger partial charge >= 0.3 is 0 Å². The number of nitrogen functional groups attached to an aromatic ring is 1. The van der Waals surface area contributed by atoms with E-state index in [-0.39, 0.29) is 36.8 Å². The quantitative estimate of drug-likeness (QED) is 0.761. The third-order valence-electron chi connectivity index (χ3n) is 4.20. The first-order chi connectivity index (χ1) is 11.7. The maximum absolute atomic E-state index is 12.6. The molecule has 26 heavy (non-hydrogen) atoms. The second-order valence-corrected chi connectivity index (χ2v) is 5.98. The van der Waals surface area contributed by atoms with Crippen LogP contribution in [-0.2, 0) is 4.74 Å². The molecule has 0 saturated carbocycles. The molecule has 3 rings (SSSR count). The van der Waals surface area contributed by atoms with Crippen molar-refractivity contribution in [2.75, 3.05) is 38.6 Å². The van der Waals surface area contributed by atoms with Gasteiger partial charge in [0.05, 0.1) is 19.3 Å². The van der Waals surface area contributed by atoms with Crippen molar-refractivity contribution in [1.29, 1.82) is 0 Å². The van der Waals surface area contributed by atoms with Crippen molar-refractivity contribution in [2.45, 2.75) is 6.04 Å². The molecular weight excluding hydrogens is 373 g/mol. The molecule has 0 aliphatic carbocycles. The number of amides is 1. The molecular formula is C19H25Cl2N3O2. The highest BCUT2D eigenvalue weighted by Gasteiger charge is 2.20. The average Bonchev–Trinajstić information content (AvgIpc) is 2.63. The lowest BCUT2D eigenvalue weighted by atomic mass is 10.1. The van der Waals surface area contributed by atoms with Gasteiger partial charge in [-0.15, -0.1) is 24.8 Å². The highest BCUT2D eigenvalue weighted by atomic mass is 35.5. The number of nitrogens with zero attached hydrogens (tertiary/aromatic N) is 1. The number of morpholine rings is 1. The van der Waals surface area contributed by atoms with E-state index in [1.807, 2.05) is 30.3 Å². The lowest BCUT2D eigenvalue weighted by Crippen LogP contribution is -2.43. The Labute approximate surface area is 166 Å². The number of nitrogens with two attached hydrogens (primary N) is 1. The Morgan fingerprint density at radius 3 is 2.42 bits per heavy atom. The molecule has 0 radical (unpaired) electrons. The summed E-state index contributed by atoms with van der Waals surface area (Å²) in [5.74, 6) is -0.107. The number of benzene rings is 2. The predicted molar refractivity (Wildman–Crippen MR) is 109 cm³/mol. The van der Waals surface area contributed by atoms with E-state index in [9.17, 15) is 4.79 Å². The molecule has 0 aromatic heterocycles. The topological polar surface area (TPSA) is 67.6 Å². The number of rotatable bonds is 5. The molecule has 1 heterocycles. The molecule has 2 aromatic rings. The molecule has 1 fully saturated rings. The summed E-state index contributed by atoms with van der Waals surface area (Å²) in [5.41, 5.74) is 8.06. The van der Waals surface area contributed by atoms with Crippen LogP contribution < -0.4 is 11.1 Å². The Morgan fingerprint density at radius 2 is 1.77 bits per heavy atom. The molecule has 1 aliphatic rings. The van der Waals surface area contributed by atoms with E-state index in [4.69, 9.17) is 10.5 Å². The summed E-state index contributed by atoms with van der Waals surface area (Å²) in [6, 6.07) is 17.0. The number of hydrogen-bond donors (Lipinski definition) is 2. The zero-order valence-electron chi connectivity index (χ0n) is 14.5. The van der Waals surface area contributed by atoms with Gasteiger partial charge in [-0.25, -0.2) is 0 Å². The second kappa shape index (κ2) is 11.0. The highest BCUT2D eigenvalue weighted by molar-refractivity contribution is 5.95. The number of halogens is 2. The van der Waals surface area contributed by atoms with Crippen LogP contribution in [0.1, 0.15) is 22.0 Å². The molecule has 2 aromatic carbocycles. The summed E-state index contributed by atoms with van der Waals surface area (Å²) >= 11 is 0. The van der Waals surface area contributed by atoms with Crippen LogP contribution >= 0.6 is 24.8 Å². The molecule has 5 nitrogen and oxygen atoms in total. The zero-order chi connectivity index (χ0) is 16.8.